The molecule has 0 amide bonds. The number of hydrogen-bond acceptors (Lipinski definition) is 2. The highest BCUT2D eigenvalue weighted by Crippen LogP contribution is 2.14. The maximum atomic E-state index is 10.3. The number of nitrogen functional groups attached to an aromatic ring is 1. The number of aliphatic carboxylic acids is 1. The van der Waals surface area contributed by atoms with Gasteiger partial charge in [0, 0.05) is 11.8 Å². The lowest BCUT2D eigenvalue weighted by atomic mass is 10.1. The molecule has 0 aliphatic carbocycles. The van der Waals surface area contributed by atoms with Gasteiger partial charge in [-0.25, -0.2) is 4.79 Å². The first-order valence-corrected chi connectivity index (χ1v) is 3.87. The minimum absolute atomic E-state index is 0.673. The highest BCUT2D eigenvalue weighted by atomic mass is 16.4. The Hall–Kier alpha value is -1.77. The Morgan fingerprint density at radius 3 is 2.38 bits per heavy atom. The van der Waals surface area contributed by atoms with Crippen molar-refractivity contribution in [3.8, 4) is 0 Å². The zero-order chi connectivity index (χ0) is 9.84. The molecule has 0 aliphatic rings. The lowest BCUT2D eigenvalue weighted by molar-refractivity contribution is -0.131. The van der Waals surface area contributed by atoms with Gasteiger partial charge in [0.05, 0.1) is 0 Å². The van der Waals surface area contributed by atoms with Crippen molar-refractivity contribution in [3.05, 3.63) is 35.9 Å². The van der Waals surface area contributed by atoms with Gasteiger partial charge >= 0.3 is 5.97 Å². The Labute approximate surface area is 76.5 Å². The summed E-state index contributed by atoms with van der Waals surface area (Å²) in [5, 5.41) is 8.50. The van der Waals surface area contributed by atoms with E-state index in [-0.39, 0.29) is 0 Å². The van der Waals surface area contributed by atoms with Gasteiger partial charge in [-0.05, 0) is 30.2 Å². The van der Waals surface area contributed by atoms with Crippen LogP contribution >= 0.6 is 0 Å². The Morgan fingerprint density at radius 1 is 1.38 bits per heavy atom. The standard InChI is InChI=1S/C10H11NO2/c1-7(6-10(12)13)8-2-4-9(11)5-3-8/h2-6H,11H2,1H3,(H,12,13)/b7-6-. The van der Waals surface area contributed by atoms with E-state index in [1.54, 1.807) is 31.2 Å². The Bertz CT molecular complexity index is 338. The van der Waals surface area contributed by atoms with E-state index in [0.717, 1.165) is 5.56 Å². The molecule has 0 saturated carbocycles. The SMILES string of the molecule is C/C(=C/C(=O)O)c1ccc(N)cc1. The summed E-state index contributed by atoms with van der Waals surface area (Å²) in [6.07, 6.45) is 1.17. The van der Waals surface area contributed by atoms with Gasteiger partial charge in [0.2, 0.25) is 0 Å². The fourth-order valence-electron chi connectivity index (χ4n) is 1.01. The number of nitrogens with two attached hydrogens (primary N) is 1. The van der Waals surface area contributed by atoms with Crippen LogP contribution in [0.15, 0.2) is 30.3 Å². The summed E-state index contributed by atoms with van der Waals surface area (Å²) in [5.74, 6) is -0.936. The van der Waals surface area contributed by atoms with E-state index in [4.69, 9.17) is 10.8 Å². The first-order valence-electron chi connectivity index (χ1n) is 3.87. The second-order valence-corrected chi connectivity index (χ2v) is 2.79. The third-order valence-electron chi connectivity index (χ3n) is 1.71. The van der Waals surface area contributed by atoms with Crippen LogP contribution in [0, 0.1) is 0 Å². The monoisotopic (exact) mass is 177 g/mol. The Balaban J connectivity index is 2.96. The molecule has 3 nitrogen and oxygen atoms in total. The highest BCUT2D eigenvalue weighted by molar-refractivity contribution is 5.89. The molecule has 68 valence electrons. The van der Waals surface area contributed by atoms with Gasteiger partial charge < -0.3 is 10.8 Å². The molecule has 0 radical (unpaired) electrons. The predicted octanol–water partition coefficient (Wildman–Crippen LogP) is 1.76. The Kier molecular flexibility index (Phi) is 2.69. The van der Waals surface area contributed by atoms with Gasteiger partial charge in [-0.15, -0.1) is 0 Å². The zero-order valence-electron chi connectivity index (χ0n) is 7.32. The zero-order valence-corrected chi connectivity index (χ0v) is 7.32. The summed E-state index contributed by atoms with van der Waals surface area (Å²) in [6, 6.07) is 7.08. The molecule has 0 unspecified atom stereocenters. The quantitative estimate of drug-likeness (QED) is 0.534. The summed E-state index contributed by atoms with van der Waals surface area (Å²) < 4.78 is 0. The molecule has 0 heterocycles. The van der Waals surface area contributed by atoms with E-state index in [9.17, 15) is 4.79 Å². The molecule has 1 rings (SSSR count). The van der Waals surface area contributed by atoms with Crippen molar-refractivity contribution >= 4 is 17.2 Å². The highest BCUT2D eigenvalue weighted by Gasteiger charge is 1.97. The van der Waals surface area contributed by atoms with Crippen LogP contribution in [0.3, 0.4) is 0 Å². The fourth-order valence-corrected chi connectivity index (χ4v) is 1.01. The summed E-state index contributed by atoms with van der Waals surface area (Å²) >= 11 is 0. The van der Waals surface area contributed by atoms with Crippen LogP contribution in [0.1, 0.15) is 12.5 Å². The fraction of sp³-hybridized carbons (Fsp3) is 0.100. The van der Waals surface area contributed by atoms with Gasteiger partial charge in [0.15, 0.2) is 0 Å². The summed E-state index contributed by atoms with van der Waals surface area (Å²) in [4.78, 5) is 10.3. The van der Waals surface area contributed by atoms with Crippen LogP contribution in [-0.2, 0) is 4.79 Å². The van der Waals surface area contributed by atoms with Crippen molar-refractivity contribution in [1.29, 1.82) is 0 Å². The average Bonchev–Trinajstić information content (AvgIpc) is 2.04. The number of rotatable bonds is 2. The van der Waals surface area contributed by atoms with Crippen LogP contribution in [0.25, 0.3) is 5.57 Å². The summed E-state index contributed by atoms with van der Waals surface area (Å²) in [6.45, 7) is 1.75. The number of carboxylic acid groups (broad SMARTS) is 1. The van der Waals surface area contributed by atoms with Gasteiger partial charge in [-0.3, -0.25) is 0 Å². The molecule has 0 fully saturated rings. The largest absolute Gasteiger partial charge is 0.478 e. The molecule has 3 heteroatoms. The van der Waals surface area contributed by atoms with E-state index < -0.39 is 5.97 Å². The molecular formula is C10H11NO2. The van der Waals surface area contributed by atoms with Crippen LogP contribution in [0.5, 0.6) is 0 Å². The van der Waals surface area contributed by atoms with Gasteiger partial charge in [-0.1, -0.05) is 12.1 Å². The molecule has 13 heavy (non-hydrogen) atoms. The molecule has 0 spiro atoms. The van der Waals surface area contributed by atoms with E-state index in [2.05, 4.69) is 0 Å². The molecule has 0 aliphatic heterocycles. The number of hydrogen-bond donors (Lipinski definition) is 2. The number of carbonyl (C=O) groups is 1. The molecule has 0 aromatic heterocycles. The van der Waals surface area contributed by atoms with Crippen molar-refractivity contribution in [2.75, 3.05) is 5.73 Å². The van der Waals surface area contributed by atoms with E-state index in [0.29, 0.717) is 11.3 Å². The molecule has 0 atom stereocenters. The molecule has 1 aromatic rings. The van der Waals surface area contributed by atoms with Crippen molar-refractivity contribution in [1.82, 2.24) is 0 Å². The summed E-state index contributed by atoms with van der Waals surface area (Å²) in [5.41, 5.74) is 7.75. The maximum Gasteiger partial charge on any atom is 0.328 e. The first-order chi connectivity index (χ1) is 6.09. The van der Waals surface area contributed by atoms with E-state index >= 15 is 0 Å². The number of benzene rings is 1. The number of allylic oxidation sites excluding steroid dienone is 1. The lowest BCUT2D eigenvalue weighted by Crippen LogP contribution is -1.90. The number of anilines is 1. The average molecular weight is 177 g/mol. The van der Waals surface area contributed by atoms with Gasteiger partial charge in [0.25, 0.3) is 0 Å². The van der Waals surface area contributed by atoms with Crippen molar-refractivity contribution < 1.29 is 9.90 Å². The van der Waals surface area contributed by atoms with Crippen molar-refractivity contribution in [3.63, 3.8) is 0 Å². The first kappa shape index (κ1) is 9.32. The summed E-state index contributed by atoms with van der Waals surface area (Å²) in [7, 11) is 0. The normalized spacial score (nSPS) is 11.3. The van der Waals surface area contributed by atoms with Gasteiger partial charge in [-0.2, -0.15) is 0 Å². The predicted molar refractivity (Wildman–Crippen MR) is 52.1 cm³/mol. The third kappa shape index (κ3) is 2.63. The van der Waals surface area contributed by atoms with Crippen LogP contribution in [0.4, 0.5) is 5.69 Å². The third-order valence-corrected chi connectivity index (χ3v) is 1.71. The van der Waals surface area contributed by atoms with E-state index in [1.165, 1.54) is 6.08 Å². The lowest BCUT2D eigenvalue weighted by Gasteiger charge is -2.00. The molecule has 3 N–H and O–H groups in total. The Morgan fingerprint density at radius 2 is 1.92 bits per heavy atom. The smallest absolute Gasteiger partial charge is 0.328 e. The number of carboxylic acids is 1. The molecule has 1 aromatic carbocycles. The minimum atomic E-state index is -0.936. The molecular weight excluding hydrogens is 166 g/mol. The van der Waals surface area contributed by atoms with Crippen molar-refractivity contribution in [2.24, 2.45) is 0 Å². The van der Waals surface area contributed by atoms with Crippen LogP contribution < -0.4 is 5.73 Å². The topological polar surface area (TPSA) is 63.3 Å². The molecule has 0 saturated heterocycles. The maximum absolute atomic E-state index is 10.3. The van der Waals surface area contributed by atoms with E-state index in [1.807, 2.05) is 0 Å². The minimum Gasteiger partial charge on any atom is -0.478 e. The van der Waals surface area contributed by atoms with Crippen LogP contribution in [-0.4, -0.2) is 11.1 Å². The molecule has 0 bridgehead atoms. The van der Waals surface area contributed by atoms with Crippen LogP contribution in [0.2, 0.25) is 0 Å². The second kappa shape index (κ2) is 3.76. The van der Waals surface area contributed by atoms with Crippen molar-refractivity contribution in [2.45, 2.75) is 6.92 Å². The second-order valence-electron chi connectivity index (χ2n) is 2.79. The van der Waals surface area contributed by atoms with Gasteiger partial charge in [0.1, 0.15) is 0 Å².